The molecule has 2 aromatic carbocycles. The van der Waals surface area contributed by atoms with Crippen LogP contribution in [0.5, 0.6) is 0 Å². The number of carbonyl (C=O) groups excluding carboxylic acids is 2. The van der Waals surface area contributed by atoms with Gasteiger partial charge in [0.15, 0.2) is 0 Å². The Morgan fingerprint density at radius 3 is 3.00 bits per heavy atom. The summed E-state index contributed by atoms with van der Waals surface area (Å²) in [4.78, 5) is 33.7. The van der Waals surface area contributed by atoms with Gasteiger partial charge in [-0.15, -0.1) is 11.8 Å². The molecule has 3 aliphatic rings. The lowest BCUT2D eigenvalue weighted by Crippen LogP contribution is -2.39. The number of rotatable bonds is 5. The SMILES string of the molecule is N#Cc1ccc2nccc(N3CC[C@@H](NC[C@@H]4CN(c5ccc6c(c5)NC(=O)CS6)C(=O)O4)C3)c2c1. The Morgan fingerprint density at radius 2 is 2.11 bits per heavy atom. The molecule has 3 aliphatic heterocycles. The molecular formula is C26H24N6O3S. The highest BCUT2D eigenvalue weighted by Gasteiger charge is 2.34. The van der Waals surface area contributed by atoms with Crippen LogP contribution in [0, 0.1) is 11.3 Å². The van der Waals surface area contributed by atoms with Crippen LogP contribution in [0.15, 0.2) is 53.6 Å². The average molecular weight is 501 g/mol. The van der Waals surface area contributed by atoms with Crippen LogP contribution in [0.3, 0.4) is 0 Å². The Labute approximate surface area is 212 Å². The van der Waals surface area contributed by atoms with Gasteiger partial charge in [0.1, 0.15) is 6.10 Å². The number of nitrogens with one attached hydrogen (secondary N) is 2. The van der Waals surface area contributed by atoms with Crippen LogP contribution in [0.1, 0.15) is 12.0 Å². The van der Waals surface area contributed by atoms with Gasteiger partial charge in [0.25, 0.3) is 0 Å². The number of anilines is 3. The number of cyclic esters (lactones) is 1. The molecule has 36 heavy (non-hydrogen) atoms. The number of pyridine rings is 1. The van der Waals surface area contributed by atoms with Gasteiger partial charge in [0.05, 0.1) is 35.1 Å². The third-order valence-electron chi connectivity index (χ3n) is 6.79. The molecule has 0 unspecified atom stereocenters. The van der Waals surface area contributed by atoms with E-state index < -0.39 is 0 Å². The highest BCUT2D eigenvalue weighted by atomic mass is 32.2. The fourth-order valence-electron chi connectivity index (χ4n) is 5.00. The van der Waals surface area contributed by atoms with Crippen molar-refractivity contribution in [3.63, 3.8) is 0 Å². The summed E-state index contributed by atoms with van der Waals surface area (Å²) in [6.45, 7) is 2.73. The minimum absolute atomic E-state index is 0.0356. The number of thioether (sulfide) groups is 1. The van der Waals surface area contributed by atoms with Crippen molar-refractivity contribution < 1.29 is 14.3 Å². The zero-order valence-electron chi connectivity index (χ0n) is 19.4. The zero-order valence-corrected chi connectivity index (χ0v) is 20.3. The maximum absolute atomic E-state index is 12.6. The van der Waals surface area contributed by atoms with Gasteiger partial charge < -0.3 is 20.3 Å². The number of amides is 2. The van der Waals surface area contributed by atoms with E-state index in [1.165, 1.54) is 11.8 Å². The molecule has 2 amide bonds. The molecule has 0 spiro atoms. The van der Waals surface area contributed by atoms with Gasteiger partial charge in [-0.1, -0.05) is 0 Å². The molecule has 2 atom stereocenters. The van der Waals surface area contributed by atoms with Gasteiger partial charge in [-0.3, -0.25) is 14.7 Å². The van der Waals surface area contributed by atoms with E-state index in [4.69, 9.17) is 4.74 Å². The first-order valence-corrected chi connectivity index (χ1v) is 12.9. The molecule has 2 fully saturated rings. The van der Waals surface area contributed by atoms with E-state index in [-0.39, 0.29) is 24.1 Å². The largest absolute Gasteiger partial charge is 0.443 e. The minimum Gasteiger partial charge on any atom is -0.443 e. The van der Waals surface area contributed by atoms with E-state index >= 15 is 0 Å². The predicted octanol–water partition coefficient (Wildman–Crippen LogP) is 3.34. The Hall–Kier alpha value is -3.81. The number of carbonyl (C=O) groups is 2. The van der Waals surface area contributed by atoms with E-state index in [2.05, 4.69) is 26.6 Å². The van der Waals surface area contributed by atoms with Crippen LogP contribution < -0.4 is 20.4 Å². The third kappa shape index (κ3) is 4.32. The lowest BCUT2D eigenvalue weighted by Gasteiger charge is -2.21. The topological polar surface area (TPSA) is 111 Å². The van der Waals surface area contributed by atoms with Crippen molar-refractivity contribution in [3.8, 4) is 6.07 Å². The molecule has 182 valence electrons. The highest BCUT2D eigenvalue weighted by Crippen LogP contribution is 2.35. The lowest BCUT2D eigenvalue weighted by atomic mass is 10.1. The molecule has 4 heterocycles. The summed E-state index contributed by atoms with van der Waals surface area (Å²) in [5, 5.41) is 16.7. The van der Waals surface area contributed by atoms with Crippen LogP contribution in [-0.4, -0.2) is 61.1 Å². The van der Waals surface area contributed by atoms with Crippen molar-refractivity contribution in [1.82, 2.24) is 10.3 Å². The molecule has 9 nitrogen and oxygen atoms in total. The number of nitriles is 1. The lowest BCUT2D eigenvalue weighted by molar-refractivity contribution is -0.113. The molecule has 1 aromatic heterocycles. The van der Waals surface area contributed by atoms with Crippen molar-refractivity contribution >= 4 is 51.7 Å². The van der Waals surface area contributed by atoms with E-state index in [1.54, 1.807) is 11.0 Å². The Bertz CT molecular complexity index is 1410. The van der Waals surface area contributed by atoms with Crippen molar-refractivity contribution in [2.45, 2.75) is 23.5 Å². The Balaban J connectivity index is 1.08. The average Bonchev–Trinajstić information content (AvgIpc) is 3.52. The van der Waals surface area contributed by atoms with E-state index in [0.29, 0.717) is 24.4 Å². The van der Waals surface area contributed by atoms with E-state index in [0.717, 1.165) is 52.4 Å². The van der Waals surface area contributed by atoms with E-state index in [1.807, 2.05) is 42.6 Å². The van der Waals surface area contributed by atoms with Crippen LogP contribution in [0.2, 0.25) is 0 Å². The number of ether oxygens (including phenoxy) is 1. The van der Waals surface area contributed by atoms with Crippen LogP contribution in [-0.2, 0) is 9.53 Å². The summed E-state index contributed by atoms with van der Waals surface area (Å²) in [6.07, 6.45) is 2.14. The van der Waals surface area contributed by atoms with Crippen molar-refractivity contribution in [3.05, 3.63) is 54.2 Å². The summed E-state index contributed by atoms with van der Waals surface area (Å²) >= 11 is 1.49. The smallest absolute Gasteiger partial charge is 0.414 e. The summed E-state index contributed by atoms with van der Waals surface area (Å²) in [5.74, 6) is 0.370. The quantitative estimate of drug-likeness (QED) is 0.549. The second-order valence-electron chi connectivity index (χ2n) is 9.15. The fraction of sp³-hybridized carbons (Fsp3) is 0.308. The highest BCUT2D eigenvalue weighted by molar-refractivity contribution is 8.00. The second kappa shape index (κ2) is 9.33. The standard InChI is InChI=1S/C26H24N6O3S/c27-11-16-1-3-21-20(9-16)23(5-7-28-21)31-8-6-17(13-31)29-12-19-14-32(26(34)35-19)18-2-4-24-22(10-18)30-25(33)15-36-24/h1-5,7,9-10,17,19,29H,6,8,12-15H2,(H,30,33)/t17-,19-/m1/s1. The number of nitrogens with zero attached hydrogens (tertiary/aromatic N) is 4. The molecular weight excluding hydrogens is 476 g/mol. The summed E-state index contributed by atoms with van der Waals surface area (Å²) in [7, 11) is 0. The molecule has 10 heteroatoms. The molecule has 0 bridgehead atoms. The molecule has 6 rings (SSSR count). The van der Waals surface area contributed by atoms with Gasteiger partial charge in [-0.25, -0.2) is 4.79 Å². The monoisotopic (exact) mass is 500 g/mol. The summed E-state index contributed by atoms with van der Waals surface area (Å²) in [6, 6.07) is 15.7. The van der Waals surface area contributed by atoms with Gasteiger partial charge in [-0.05, 0) is 48.9 Å². The van der Waals surface area contributed by atoms with Gasteiger partial charge in [-0.2, -0.15) is 5.26 Å². The van der Waals surface area contributed by atoms with Crippen molar-refractivity contribution in [1.29, 1.82) is 5.26 Å². The predicted molar refractivity (Wildman–Crippen MR) is 138 cm³/mol. The molecule has 0 saturated carbocycles. The maximum Gasteiger partial charge on any atom is 0.414 e. The first kappa shape index (κ1) is 22.6. The van der Waals surface area contributed by atoms with Gasteiger partial charge in [0, 0.05) is 53.5 Å². The minimum atomic E-state index is -0.374. The molecule has 2 saturated heterocycles. The molecule has 0 aliphatic carbocycles. The fourth-order valence-corrected chi connectivity index (χ4v) is 5.79. The van der Waals surface area contributed by atoms with Crippen molar-refractivity contribution in [2.75, 3.05) is 47.0 Å². The summed E-state index contributed by atoms with van der Waals surface area (Å²) < 4.78 is 5.63. The van der Waals surface area contributed by atoms with Gasteiger partial charge in [0.2, 0.25) is 5.91 Å². The van der Waals surface area contributed by atoms with Crippen LogP contribution in [0.4, 0.5) is 21.9 Å². The van der Waals surface area contributed by atoms with E-state index in [9.17, 15) is 14.9 Å². The second-order valence-corrected chi connectivity index (χ2v) is 10.2. The maximum atomic E-state index is 12.6. The zero-order chi connectivity index (χ0) is 24.6. The number of aromatic nitrogens is 1. The Kier molecular flexibility index (Phi) is 5.87. The number of hydrogen-bond donors (Lipinski definition) is 2. The summed E-state index contributed by atoms with van der Waals surface area (Å²) in [5.41, 5.74) is 4.04. The van der Waals surface area contributed by atoms with Gasteiger partial charge >= 0.3 is 6.09 Å². The molecule has 2 N–H and O–H groups in total. The third-order valence-corrected chi connectivity index (χ3v) is 7.87. The molecule has 0 radical (unpaired) electrons. The molecule has 3 aromatic rings. The Morgan fingerprint density at radius 1 is 1.19 bits per heavy atom. The van der Waals surface area contributed by atoms with Crippen LogP contribution in [0.25, 0.3) is 10.9 Å². The number of fused-ring (bicyclic) bond motifs is 2. The van der Waals surface area contributed by atoms with Crippen LogP contribution >= 0.6 is 11.8 Å². The first-order valence-electron chi connectivity index (χ1n) is 11.9. The number of benzene rings is 2. The normalized spacial score (nSPS) is 21.3. The number of hydrogen-bond acceptors (Lipinski definition) is 8. The first-order chi connectivity index (χ1) is 17.6. The van der Waals surface area contributed by atoms with Crippen molar-refractivity contribution in [2.24, 2.45) is 0 Å².